The van der Waals surface area contributed by atoms with Crippen molar-refractivity contribution in [1.82, 2.24) is 5.43 Å². The average Bonchev–Trinajstić information content (AvgIpc) is 2.51. The van der Waals surface area contributed by atoms with Gasteiger partial charge in [-0.25, -0.2) is 10.2 Å². The van der Waals surface area contributed by atoms with Gasteiger partial charge in [-0.15, -0.1) is 0 Å². The second-order valence-electron chi connectivity index (χ2n) is 4.89. The van der Waals surface area contributed by atoms with Crippen LogP contribution >= 0.6 is 0 Å². The molecule has 7 heteroatoms. The van der Waals surface area contributed by atoms with Crippen molar-refractivity contribution in [2.24, 2.45) is 5.10 Å². The van der Waals surface area contributed by atoms with Crippen molar-refractivity contribution in [2.45, 2.75) is 20.0 Å². The summed E-state index contributed by atoms with van der Waals surface area (Å²) in [5.41, 5.74) is 1.72. The zero-order valence-corrected chi connectivity index (χ0v) is 12.6. The lowest BCUT2D eigenvalue weighted by molar-refractivity contribution is -0.129. The summed E-state index contributed by atoms with van der Waals surface area (Å²) >= 11 is 0. The molecule has 0 spiro atoms. The van der Waals surface area contributed by atoms with Gasteiger partial charge >= 0.3 is 5.63 Å². The lowest BCUT2D eigenvalue weighted by Crippen LogP contribution is -2.27. The van der Waals surface area contributed by atoms with E-state index >= 15 is 0 Å². The Hall–Kier alpha value is -2.93. The maximum atomic E-state index is 11.9. The van der Waals surface area contributed by atoms with Crippen LogP contribution in [0.3, 0.4) is 0 Å². The molecular formula is C16H16N2O5. The van der Waals surface area contributed by atoms with E-state index in [1.807, 2.05) is 0 Å². The molecule has 0 radical (unpaired) electrons. The largest absolute Gasteiger partial charge is 0.507 e. The van der Waals surface area contributed by atoms with Crippen LogP contribution in [0.25, 0.3) is 0 Å². The molecule has 2 aromatic rings. The molecule has 0 saturated carbocycles. The topological polar surface area (TPSA) is 112 Å². The van der Waals surface area contributed by atoms with Gasteiger partial charge in [0.15, 0.2) is 6.10 Å². The number of benzene rings is 1. The second kappa shape index (κ2) is 6.89. The number of carbonyl (C=O) groups is 1. The summed E-state index contributed by atoms with van der Waals surface area (Å²) < 4.78 is 4.88. The molecule has 0 unspecified atom stereocenters. The quantitative estimate of drug-likeness (QED) is 0.580. The summed E-state index contributed by atoms with van der Waals surface area (Å²) in [6.45, 7) is 2.95. The first-order chi connectivity index (χ1) is 10.9. The Morgan fingerprint density at radius 3 is 2.57 bits per heavy atom. The number of aliphatic hydroxyl groups excluding tert-OH is 1. The van der Waals surface area contributed by atoms with E-state index in [9.17, 15) is 19.8 Å². The molecule has 1 heterocycles. The third-order valence-corrected chi connectivity index (χ3v) is 3.11. The number of hydrogen-bond acceptors (Lipinski definition) is 6. The molecule has 1 aromatic heterocycles. The number of aryl methyl sites for hydroxylation is 1. The molecule has 0 aliphatic carbocycles. The Labute approximate surface area is 131 Å². The van der Waals surface area contributed by atoms with Crippen LogP contribution in [0.2, 0.25) is 0 Å². The number of amides is 1. The van der Waals surface area contributed by atoms with Gasteiger partial charge < -0.3 is 14.6 Å². The SMILES string of the molecule is C/C(=N\NC(=O)[C@@H](O)c1ccccc1)c1c(O)cc(C)oc1=O. The summed E-state index contributed by atoms with van der Waals surface area (Å²) in [5.74, 6) is -0.794. The fourth-order valence-corrected chi connectivity index (χ4v) is 1.97. The van der Waals surface area contributed by atoms with Crippen LogP contribution in [-0.4, -0.2) is 21.8 Å². The van der Waals surface area contributed by atoms with Crippen molar-refractivity contribution in [3.63, 3.8) is 0 Å². The van der Waals surface area contributed by atoms with E-state index in [4.69, 9.17) is 4.42 Å². The minimum Gasteiger partial charge on any atom is -0.507 e. The number of nitrogens with one attached hydrogen (secondary N) is 1. The third kappa shape index (κ3) is 3.83. The number of aromatic hydroxyl groups is 1. The molecule has 1 aromatic carbocycles. The Kier molecular flexibility index (Phi) is 4.92. The van der Waals surface area contributed by atoms with Gasteiger partial charge in [0.2, 0.25) is 0 Å². The van der Waals surface area contributed by atoms with Crippen molar-refractivity contribution < 1.29 is 19.4 Å². The fourth-order valence-electron chi connectivity index (χ4n) is 1.97. The smallest absolute Gasteiger partial charge is 0.348 e. The zero-order chi connectivity index (χ0) is 17.0. The Morgan fingerprint density at radius 1 is 1.30 bits per heavy atom. The molecule has 0 aliphatic heterocycles. The van der Waals surface area contributed by atoms with E-state index in [-0.39, 0.29) is 22.8 Å². The summed E-state index contributed by atoms with van der Waals surface area (Å²) in [5, 5.41) is 23.4. The molecular weight excluding hydrogens is 300 g/mol. The highest BCUT2D eigenvalue weighted by atomic mass is 16.4. The predicted octanol–water partition coefficient (Wildman–Crippen LogP) is 1.23. The lowest BCUT2D eigenvalue weighted by atomic mass is 10.1. The average molecular weight is 316 g/mol. The second-order valence-corrected chi connectivity index (χ2v) is 4.89. The lowest BCUT2D eigenvalue weighted by Gasteiger charge is -2.09. The first-order valence-corrected chi connectivity index (χ1v) is 6.81. The maximum absolute atomic E-state index is 11.9. The van der Waals surface area contributed by atoms with Crippen LogP contribution < -0.4 is 11.1 Å². The van der Waals surface area contributed by atoms with Gasteiger partial charge in [-0.05, 0) is 19.4 Å². The summed E-state index contributed by atoms with van der Waals surface area (Å²) in [4.78, 5) is 23.6. The standard InChI is InChI=1S/C16H16N2O5/c1-9-8-12(19)13(16(22)23-9)10(2)17-18-15(21)14(20)11-6-4-3-5-7-11/h3-8,14,19-20H,1-2H3,(H,18,21)/b17-10+/t14-/m0/s1. The molecule has 7 nitrogen and oxygen atoms in total. The Bertz CT molecular complexity index is 796. The Morgan fingerprint density at radius 2 is 1.96 bits per heavy atom. The van der Waals surface area contributed by atoms with Gasteiger partial charge in [0.25, 0.3) is 5.91 Å². The molecule has 3 N–H and O–H groups in total. The highest BCUT2D eigenvalue weighted by Crippen LogP contribution is 2.15. The first-order valence-electron chi connectivity index (χ1n) is 6.81. The highest BCUT2D eigenvalue weighted by molar-refractivity contribution is 6.01. The minimum absolute atomic E-state index is 0.0601. The molecule has 2 rings (SSSR count). The van der Waals surface area contributed by atoms with Crippen LogP contribution in [0.5, 0.6) is 5.75 Å². The van der Waals surface area contributed by atoms with Crippen LogP contribution in [-0.2, 0) is 4.79 Å². The third-order valence-electron chi connectivity index (χ3n) is 3.11. The summed E-state index contributed by atoms with van der Waals surface area (Å²) in [6.07, 6.45) is -1.39. The van der Waals surface area contributed by atoms with Crippen molar-refractivity contribution >= 4 is 11.6 Å². The van der Waals surface area contributed by atoms with Crippen molar-refractivity contribution in [2.75, 3.05) is 0 Å². The van der Waals surface area contributed by atoms with Gasteiger partial charge in [-0.1, -0.05) is 30.3 Å². The summed E-state index contributed by atoms with van der Waals surface area (Å²) in [6, 6.07) is 9.61. The van der Waals surface area contributed by atoms with E-state index in [2.05, 4.69) is 10.5 Å². The molecule has 0 fully saturated rings. The van der Waals surface area contributed by atoms with Gasteiger partial charge in [0.05, 0.1) is 5.71 Å². The van der Waals surface area contributed by atoms with Crippen LogP contribution in [0, 0.1) is 6.92 Å². The predicted molar refractivity (Wildman–Crippen MR) is 83.1 cm³/mol. The van der Waals surface area contributed by atoms with Gasteiger partial charge in [0, 0.05) is 6.07 Å². The van der Waals surface area contributed by atoms with Gasteiger partial charge in [-0.3, -0.25) is 4.79 Å². The molecule has 23 heavy (non-hydrogen) atoms. The van der Waals surface area contributed by atoms with Crippen molar-refractivity contribution in [3.05, 3.63) is 63.7 Å². The highest BCUT2D eigenvalue weighted by Gasteiger charge is 2.18. The van der Waals surface area contributed by atoms with Crippen LogP contribution in [0.1, 0.15) is 29.9 Å². The number of hydrazone groups is 1. The fraction of sp³-hybridized carbons (Fsp3) is 0.188. The summed E-state index contributed by atoms with van der Waals surface area (Å²) in [7, 11) is 0. The number of carbonyl (C=O) groups excluding carboxylic acids is 1. The first kappa shape index (κ1) is 16.4. The molecule has 0 aliphatic rings. The molecule has 1 atom stereocenters. The number of hydrogen-bond donors (Lipinski definition) is 3. The van der Waals surface area contributed by atoms with Crippen LogP contribution in [0.4, 0.5) is 0 Å². The van der Waals surface area contributed by atoms with E-state index in [0.717, 1.165) is 0 Å². The number of nitrogens with zero attached hydrogens (tertiary/aromatic N) is 1. The van der Waals surface area contributed by atoms with Crippen molar-refractivity contribution in [1.29, 1.82) is 0 Å². The number of aliphatic hydroxyl groups is 1. The minimum atomic E-state index is -1.39. The molecule has 0 bridgehead atoms. The molecule has 1 amide bonds. The van der Waals surface area contributed by atoms with Crippen LogP contribution in [0.15, 0.2) is 50.7 Å². The molecule has 120 valence electrons. The van der Waals surface area contributed by atoms with Gasteiger partial charge in [-0.2, -0.15) is 5.10 Å². The van der Waals surface area contributed by atoms with E-state index < -0.39 is 17.6 Å². The number of rotatable bonds is 4. The van der Waals surface area contributed by atoms with E-state index in [1.54, 1.807) is 30.3 Å². The normalized spacial score (nSPS) is 12.7. The monoisotopic (exact) mass is 316 g/mol. The van der Waals surface area contributed by atoms with E-state index in [0.29, 0.717) is 5.56 Å². The maximum Gasteiger partial charge on any atom is 0.348 e. The van der Waals surface area contributed by atoms with Crippen molar-refractivity contribution in [3.8, 4) is 5.75 Å². The van der Waals surface area contributed by atoms with Gasteiger partial charge in [0.1, 0.15) is 17.1 Å². The Balaban J connectivity index is 2.17. The van der Waals surface area contributed by atoms with E-state index in [1.165, 1.54) is 19.9 Å². The zero-order valence-electron chi connectivity index (χ0n) is 12.6. The molecule has 0 saturated heterocycles.